The van der Waals surface area contributed by atoms with Crippen molar-refractivity contribution < 1.29 is 19.1 Å². The van der Waals surface area contributed by atoms with Crippen molar-refractivity contribution in [2.24, 2.45) is 5.92 Å². The molecule has 1 amide bonds. The van der Waals surface area contributed by atoms with E-state index in [4.69, 9.17) is 16.0 Å². The molecule has 0 radical (unpaired) electrons. The number of amides is 1. The minimum atomic E-state index is -0.851. The Morgan fingerprint density at radius 1 is 1.32 bits per heavy atom. The van der Waals surface area contributed by atoms with Crippen LogP contribution in [0.4, 0.5) is 0 Å². The highest BCUT2D eigenvalue weighted by atomic mass is 35.5. The number of nitrogens with zero attached hydrogens (tertiary/aromatic N) is 2. The van der Waals surface area contributed by atoms with Crippen LogP contribution in [0.15, 0.2) is 34.9 Å². The molecule has 6 nitrogen and oxygen atoms in total. The highest BCUT2D eigenvalue weighted by Gasteiger charge is 2.32. The van der Waals surface area contributed by atoms with E-state index in [1.807, 2.05) is 6.92 Å². The lowest BCUT2D eigenvalue weighted by Crippen LogP contribution is -2.47. The Balaban J connectivity index is 1.68. The lowest BCUT2D eigenvalue weighted by Gasteiger charge is -2.36. The predicted octanol–water partition coefficient (Wildman–Crippen LogP) is 3.25. The van der Waals surface area contributed by atoms with Gasteiger partial charge in [0, 0.05) is 23.2 Å². The summed E-state index contributed by atoms with van der Waals surface area (Å²) in [5.41, 5.74) is 1.31. The van der Waals surface area contributed by atoms with Crippen LogP contribution in [-0.2, 0) is 16.0 Å². The molecule has 1 aromatic heterocycles. The standard InChI is InChI=1S/C18H19ClN2O4/c1-11-2-3-13(18(23)24)9-21(11)16(22)8-15-10-25-17(20-15)12-4-6-14(19)7-5-12/h4-7,10-11,13H,2-3,8-9H2,1H3,(H,23,24). The van der Waals surface area contributed by atoms with E-state index in [0.29, 0.717) is 29.4 Å². The Kier molecular flexibility index (Phi) is 5.08. The van der Waals surface area contributed by atoms with Crippen LogP contribution in [0.2, 0.25) is 5.02 Å². The van der Waals surface area contributed by atoms with E-state index < -0.39 is 11.9 Å². The van der Waals surface area contributed by atoms with Gasteiger partial charge in [-0.3, -0.25) is 9.59 Å². The molecule has 3 rings (SSSR count). The molecule has 0 spiro atoms. The first-order valence-electron chi connectivity index (χ1n) is 8.16. The number of hydrogen-bond donors (Lipinski definition) is 1. The zero-order chi connectivity index (χ0) is 18.0. The van der Waals surface area contributed by atoms with Crippen molar-refractivity contribution in [1.29, 1.82) is 0 Å². The normalized spacial score (nSPS) is 20.5. The van der Waals surface area contributed by atoms with Crippen molar-refractivity contribution in [3.8, 4) is 11.5 Å². The molecule has 2 aromatic rings. The molecule has 1 aliphatic rings. The number of oxazole rings is 1. The molecule has 2 atom stereocenters. The number of likely N-dealkylation sites (tertiary alicyclic amines) is 1. The molecule has 7 heteroatoms. The second-order valence-electron chi connectivity index (χ2n) is 6.34. The third-order valence-corrected chi connectivity index (χ3v) is 4.78. The maximum absolute atomic E-state index is 12.6. The zero-order valence-corrected chi connectivity index (χ0v) is 14.6. The van der Waals surface area contributed by atoms with Crippen LogP contribution in [0.1, 0.15) is 25.5 Å². The molecule has 0 aliphatic carbocycles. The molecular formula is C18H19ClN2O4. The first-order chi connectivity index (χ1) is 11.9. The van der Waals surface area contributed by atoms with E-state index in [2.05, 4.69) is 4.98 Å². The van der Waals surface area contributed by atoms with E-state index in [9.17, 15) is 14.7 Å². The third kappa shape index (κ3) is 4.02. The summed E-state index contributed by atoms with van der Waals surface area (Å²) < 4.78 is 5.45. The van der Waals surface area contributed by atoms with Gasteiger partial charge in [0.25, 0.3) is 0 Å². The van der Waals surface area contributed by atoms with Crippen LogP contribution in [0, 0.1) is 5.92 Å². The van der Waals surface area contributed by atoms with E-state index in [1.54, 1.807) is 29.2 Å². The van der Waals surface area contributed by atoms with E-state index >= 15 is 0 Å². The summed E-state index contributed by atoms with van der Waals surface area (Å²) >= 11 is 5.86. The van der Waals surface area contributed by atoms with Crippen LogP contribution in [0.25, 0.3) is 11.5 Å². The van der Waals surface area contributed by atoms with Gasteiger partial charge in [0.15, 0.2) is 0 Å². The predicted molar refractivity (Wildman–Crippen MR) is 92.2 cm³/mol. The number of piperidine rings is 1. The van der Waals surface area contributed by atoms with Crippen molar-refractivity contribution >= 4 is 23.5 Å². The molecule has 1 aromatic carbocycles. The lowest BCUT2D eigenvalue weighted by molar-refractivity contribution is -0.147. The van der Waals surface area contributed by atoms with Gasteiger partial charge in [-0.1, -0.05) is 11.6 Å². The molecule has 1 saturated heterocycles. The van der Waals surface area contributed by atoms with Gasteiger partial charge >= 0.3 is 5.97 Å². The van der Waals surface area contributed by atoms with Crippen molar-refractivity contribution in [1.82, 2.24) is 9.88 Å². The molecule has 132 valence electrons. The maximum atomic E-state index is 12.6. The van der Waals surface area contributed by atoms with Crippen LogP contribution in [0.5, 0.6) is 0 Å². The number of hydrogen-bond acceptors (Lipinski definition) is 4. The van der Waals surface area contributed by atoms with Gasteiger partial charge in [-0.05, 0) is 44.0 Å². The van der Waals surface area contributed by atoms with Crippen molar-refractivity contribution in [3.05, 3.63) is 41.2 Å². The summed E-state index contributed by atoms with van der Waals surface area (Å²) in [7, 11) is 0. The maximum Gasteiger partial charge on any atom is 0.308 e. The van der Waals surface area contributed by atoms with Gasteiger partial charge in [0.2, 0.25) is 11.8 Å². The fraction of sp³-hybridized carbons (Fsp3) is 0.389. The van der Waals surface area contributed by atoms with Crippen LogP contribution >= 0.6 is 11.6 Å². The lowest BCUT2D eigenvalue weighted by atomic mass is 9.93. The topological polar surface area (TPSA) is 83.6 Å². The smallest absolute Gasteiger partial charge is 0.308 e. The molecule has 1 N–H and O–H groups in total. The molecular weight excluding hydrogens is 344 g/mol. The molecule has 1 fully saturated rings. The quantitative estimate of drug-likeness (QED) is 0.902. The summed E-state index contributed by atoms with van der Waals surface area (Å²) in [6, 6.07) is 7.11. The van der Waals surface area contributed by atoms with Gasteiger partial charge in [0.1, 0.15) is 6.26 Å². The number of carboxylic acids is 1. The third-order valence-electron chi connectivity index (χ3n) is 4.53. The number of benzene rings is 1. The number of rotatable bonds is 4. The van der Waals surface area contributed by atoms with Crippen LogP contribution < -0.4 is 0 Å². The van der Waals surface area contributed by atoms with E-state index in [1.165, 1.54) is 6.26 Å². The first kappa shape index (κ1) is 17.5. The van der Waals surface area contributed by atoms with Crippen molar-refractivity contribution in [2.45, 2.75) is 32.2 Å². The van der Waals surface area contributed by atoms with Gasteiger partial charge in [-0.2, -0.15) is 0 Å². The summed E-state index contributed by atoms with van der Waals surface area (Å²) in [5.74, 6) is -1.05. The second-order valence-corrected chi connectivity index (χ2v) is 6.77. The summed E-state index contributed by atoms with van der Waals surface area (Å²) in [6.45, 7) is 2.19. The Hall–Kier alpha value is -2.34. The fourth-order valence-electron chi connectivity index (χ4n) is 3.03. The van der Waals surface area contributed by atoms with Crippen LogP contribution in [-0.4, -0.2) is 39.5 Å². The van der Waals surface area contributed by atoms with E-state index in [-0.39, 0.29) is 24.9 Å². The highest BCUT2D eigenvalue weighted by Crippen LogP contribution is 2.24. The number of carbonyl (C=O) groups is 2. The number of carbonyl (C=O) groups excluding carboxylic acids is 1. The van der Waals surface area contributed by atoms with Gasteiger partial charge in [0.05, 0.1) is 18.0 Å². The monoisotopic (exact) mass is 362 g/mol. The highest BCUT2D eigenvalue weighted by molar-refractivity contribution is 6.30. The summed E-state index contributed by atoms with van der Waals surface area (Å²) in [6.07, 6.45) is 2.85. The average Bonchev–Trinajstić information content (AvgIpc) is 3.04. The molecule has 2 heterocycles. The molecule has 0 bridgehead atoms. The number of halogens is 1. The van der Waals surface area contributed by atoms with Gasteiger partial charge in [-0.25, -0.2) is 4.98 Å². The Labute approximate surface area is 150 Å². The SMILES string of the molecule is CC1CCC(C(=O)O)CN1C(=O)Cc1coc(-c2ccc(Cl)cc2)n1. The number of aromatic nitrogens is 1. The minimum absolute atomic E-state index is 0.0331. The summed E-state index contributed by atoms with van der Waals surface area (Å²) in [5, 5.41) is 9.81. The zero-order valence-electron chi connectivity index (χ0n) is 13.8. The number of carboxylic acid groups (broad SMARTS) is 1. The minimum Gasteiger partial charge on any atom is -0.481 e. The second kappa shape index (κ2) is 7.27. The largest absolute Gasteiger partial charge is 0.481 e. The van der Waals surface area contributed by atoms with E-state index in [0.717, 1.165) is 5.56 Å². The van der Waals surface area contributed by atoms with Crippen LogP contribution in [0.3, 0.4) is 0 Å². The number of aliphatic carboxylic acids is 1. The molecule has 0 saturated carbocycles. The molecule has 25 heavy (non-hydrogen) atoms. The fourth-order valence-corrected chi connectivity index (χ4v) is 3.15. The molecule has 1 aliphatic heterocycles. The average molecular weight is 363 g/mol. The van der Waals surface area contributed by atoms with Crippen molar-refractivity contribution in [2.75, 3.05) is 6.54 Å². The molecule has 2 unspecified atom stereocenters. The van der Waals surface area contributed by atoms with Crippen molar-refractivity contribution in [3.63, 3.8) is 0 Å². The Morgan fingerprint density at radius 3 is 2.72 bits per heavy atom. The first-order valence-corrected chi connectivity index (χ1v) is 8.54. The Bertz CT molecular complexity index is 772. The van der Waals surface area contributed by atoms with Gasteiger partial charge < -0.3 is 14.4 Å². The van der Waals surface area contributed by atoms with Gasteiger partial charge in [-0.15, -0.1) is 0 Å². The summed E-state index contributed by atoms with van der Waals surface area (Å²) in [4.78, 5) is 29.8. The Morgan fingerprint density at radius 2 is 2.04 bits per heavy atom.